The Hall–Kier alpha value is -3.53. The van der Waals surface area contributed by atoms with E-state index in [0.717, 1.165) is 27.5 Å². The zero-order chi connectivity index (χ0) is 22.0. The number of benzene rings is 2. The van der Waals surface area contributed by atoms with E-state index in [4.69, 9.17) is 18.7 Å². The predicted molar refractivity (Wildman–Crippen MR) is 121 cm³/mol. The van der Waals surface area contributed by atoms with Crippen LogP contribution in [0.1, 0.15) is 5.69 Å². The smallest absolute Gasteiger partial charge is 0.187 e. The molecule has 0 unspecified atom stereocenters. The summed E-state index contributed by atoms with van der Waals surface area (Å²) in [7, 11) is 6.73. The zero-order valence-electron chi connectivity index (χ0n) is 17.8. The van der Waals surface area contributed by atoms with Gasteiger partial charge in [0.25, 0.3) is 0 Å². The quantitative estimate of drug-likeness (QED) is 0.375. The van der Waals surface area contributed by atoms with Crippen LogP contribution in [0.2, 0.25) is 0 Å². The summed E-state index contributed by atoms with van der Waals surface area (Å²) >= 11 is 1.33. The normalized spacial score (nSPS) is 10.9. The van der Waals surface area contributed by atoms with Gasteiger partial charge in [-0.25, -0.2) is 0 Å². The molecule has 10 heteroatoms. The average Bonchev–Trinajstić information content (AvgIpc) is 3.32. The first-order valence-corrected chi connectivity index (χ1v) is 10.2. The molecule has 2 aromatic carbocycles. The molecule has 9 nitrogen and oxygen atoms in total. The number of methoxy groups -OCH3 is 3. The van der Waals surface area contributed by atoms with Crippen LogP contribution in [0.4, 0.5) is 17.3 Å². The van der Waals surface area contributed by atoms with Crippen molar-refractivity contribution >= 4 is 40.2 Å². The van der Waals surface area contributed by atoms with Crippen LogP contribution in [0.15, 0.2) is 45.8 Å². The number of nitrogens with zero attached hydrogens (tertiary/aromatic N) is 3. The van der Waals surface area contributed by atoms with Crippen molar-refractivity contribution in [3.8, 4) is 17.2 Å². The third kappa shape index (κ3) is 4.06. The largest absolute Gasteiger partial charge is 0.495 e. The SMILES string of the molecule is COc1cc2c(NSc3c(OC)cccc3OC)noc2cc1Nc1cc(C)nn1C. The number of hydrogen-bond acceptors (Lipinski definition) is 9. The second-order valence-electron chi connectivity index (χ2n) is 6.70. The summed E-state index contributed by atoms with van der Waals surface area (Å²) in [5.41, 5.74) is 2.28. The van der Waals surface area contributed by atoms with E-state index in [1.54, 1.807) is 26.0 Å². The number of nitrogens with one attached hydrogen (secondary N) is 2. The molecule has 162 valence electrons. The first-order valence-electron chi connectivity index (χ1n) is 9.43. The number of ether oxygens (including phenoxy) is 3. The Kier molecular flexibility index (Phi) is 5.81. The number of aryl methyl sites for hydroxylation is 2. The van der Waals surface area contributed by atoms with Crippen LogP contribution >= 0.6 is 11.9 Å². The lowest BCUT2D eigenvalue weighted by Gasteiger charge is -2.13. The van der Waals surface area contributed by atoms with Crippen molar-refractivity contribution in [3.63, 3.8) is 0 Å². The second kappa shape index (κ2) is 8.68. The highest BCUT2D eigenvalue weighted by Crippen LogP contribution is 2.40. The summed E-state index contributed by atoms with van der Waals surface area (Å²) in [5.74, 6) is 3.44. The highest BCUT2D eigenvalue weighted by atomic mass is 32.2. The van der Waals surface area contributed by atoms with Gasteiger partial charge in [0.15, 0.2) is 11.4 Å². The molecule has 2 aromatic heterocycles. The molecule has 0 fully saturated rings. The van der Waals surface area contributed by atoms with Gasteiger partial charge < -0.3 is 28.8 Å². The van der Waals surface area contributed by atoms with Crippen molar-refractivity contribution < 1.29 is 18.7 Å². The summed E-state index contributed by atoms with van der Waals surface area (Å²) in [6.07, 6.45) is 0. The van der Waals surface area contributed by atoms with Gasteiger partial charge in [0.1, 0.15) is 28.0 Å². The third-order valence-electron chi connectivity index (χ3n) is 4.69. The molecular formula is C21H23N5O4S. The van der Waals surface area contributed by atoms with Crippen LogP contribution in [0, 0.1) is 6.92 Å². The summed E-state index contributed by atoms with van der Waals surface area (Å²) in [4.78, 5) is 0.806. The fourth-order valence-corrected chi connectivity index (χ4v) is 4.04. The summed E-state index contributed by atoms with van der Waals surface area (Å²) in [6.45, 7) is 1.94. The van der Waals surface area contributed by atoms with E-state index >= 15 is 0 Å². The number of hydrogen-bond donors (Lipinski definition) is 2. The Morgan fingerprint density at radius 3 is 2.32 bits per heavy atom. The Labute approximate surface area is 183 Å². The van der Waals surface area contributed by atoms with Crippen LogP contribution in [0.25, 0.3) is 11.0 Å². The van der Waals surface area contributed by atoms with Gasteiger partial charge in [-0.3, -0.25) is 4.68 Å². The van der Waals surface area contributed by atoms with Crippen LogP contribution in [-0.2, 0) is 7.05 Å². The molecule has 0 radical (unpaired) electrons. The number of fused-ring (bicyclic) bond motifs is 1. The number of aromatic nitrogens is 3. The minimum atomic E-state index is 0.564. The first kappa shape index (κ1) is 20.7. The Morgan fingerprint density at radius 1 is 1.00 bits per heavy atom. The maximum absolute atomic E-state index is 5.60. The van der Waals surface area contributed by atoms with Gasteiger partial charge in [-0.2, -0.15) is 5.10 Å². The molecule has 0 atom stereocenters. The monoisotopic (exact) mass is 441 g/mol. The van der Waals surface area contributed by atoms with Gasteiger partial charge in [-0.1, -0.05) is 11.2 Å². The van der Waals surface area contributed by atoms with Crippen molar-refractivity contribution in [2.24, 2.45) is 7.05 Å². The fraction of sp³-hybridized carbons (Fsp3) is 0.238. The maximum atomic E-state index is 5.60. The minimum Gasteiger partial charge on any atom is -0.495 e. The van der Waals surface area contributed by atoms with E-state index in [-0.39, 0.29) is 0 Å². The summed E-state index contributed by atoms with van der Waals surface area (Å²) in [6, 6.07) is 11.3. The standard InChI is InChI=1S/C21H23N5O4S/c1-12-9-19(26(2)23-12)22-14-11-17-13(10-18(14)29-5)21(24-30-17)25-31-20-15(27-3)7-6-8-16(20)28-4/h6-11,22H,1-5H3,(H,24,25). The summed E-state index contributed by atoms with van der Waals surface area (Å²) < 4.78 is 27.0. The Morgan fingerprint density at radius 2 is 1.71 bits per heavy atom. The minimum absolute atomic E-state index is 0.564. The van der Waals surface area contributed by atoms with E-state index < -0.39 is 0 Å². The van der Waals surface area contributed by atoms with Crippen molar-refractivity contribution in [2.45, 2.75) is 11.8 Å². The first-order chi connectivity index (χ1) is 15.0. The van der Waals surface area contributed by atoms with Crippen LogP contribution in [0.5, 0.6) is 17.2 Å². The Balaban J connectivity index is 1.63. The molecule has 0 saturated heterocycles. The van der Waals surface area contributed by atoms with Crippen molar-refractivity contribution in [2.75, 3.05) is 31.4 Å². The van der Waals surface area contributed by atoms with Crippen LogP contribution < -0.4 is 24.2 Å². The summed E-state index contributed by atoms with van der Waals surface area (Å²) in [5, 5.41) is 12.6. The Bertz CT molecular complexity index is 1200. The molecular weight excluding hydrogens is 418 g/mol. The molecule has 0 aliphatic heterocycles. The predicted octanol–water partition coefficient (Wildman–Crippen LogP) is 4.76. The lowest BCUT2D eigenvalue weighted by Crippen LogP contribution is -2.00. The number of rotatable bonds is 8. The molecule has 0 aliphatic rings. The molecule has 4 aromatic rings. The lowest BCUT2D eigenvalue weighted by atomic mass is 10.2. The van der Waals surface area contributed by atoms with Gasteiger partial charge in [0.2, 0.25) is 0 Å². The van der Waals surface area contributed by atoms with Gasteiger partial charge in [-0.15, -0.1) is 0 Å². The third-order valence-corrected chi connectivity index (χ3v) is 5.59. The van der Waals surface area contributed by atoms with Crippen molar-refractivity contribution in [1.82, 2.24) is 14.9 Å². The van der Waals surface area contributed by atoms with Gasteiger partial charge in [0, 0.05) is 19.2 Å². The molecule has 0 aliphatic carbocycles. The lowest BCUT2D eigenvalue weighted by molar-refractivity contribution is 0.376. The second-order valence-corrected chi connectivity index (χ2v) is 7.51. The van der Waals surface area contributed by atoms with Gasteiger partial charge in [0.05, 0.1) is 38.1 Å². The molecule has 4 rings (SSSR count). The molecule has 0 amide bonds. The van der Waals surface area contributed by atoms with E-state index in [2.05, 4.69) is 20.3 Å². The molecule has 2 heterocycles. The molecule has 0 bridgehead atoms. The van der Waals surface area contributed by atoms with E-state index in [0.29, 0.717) is 28.6 Å². The van der Waals surface area contributed by atoms with Gasteiger partial charge >= 0.3 is 0 Å². The molecule has 0 saturated carbocycles. The van der Waals surface area contributed by atoms with Crippen molar-refractivity contribution in [3.05, 3.63) is 42.1 Å². The van der Waals surface area contributed by atoms with E-state index in [1.807, 2.05) is 50.4 Å². The van der Waals surface area contributed by atoms with Crippen LogP contribution in [0.3, 0.4) is 0 Å². The number of anilines is 3. The fourth-order valence-electron chi connectivity index (χ4n) is 3.19. The zero-order valence-corrected chi connectivity index (χ0v) is 18.7. The molecule has 0 spiro atoms. The highest BCUT2D eigenvalue weighted by Gasteiger charge is 2.17. The average molecular weight is 442 g/mol. The van der Waals surface area contributed by atoms with Crippen molar-refractivity contribution in [1.29, 1.82) is 0 Å². The molecule has 2 N–H and O–H groups in total. The highest BCUT2D eigenvalue weighted by molar-refractivity contribution is 8.00. The van der Waals surface area contributed by atoms with E-state index in [9.17, 15) is 0 Å². The molecule has 31 heavy (non-hydrogen) atoms. The van der Waals surface area contributed by atoms with Crippen LogP contribution in [-0.4, -0.2) is 36.3 Å². The topological polar surface area (TPSA) is 95.6 Å². The maximum Gasteiger partial charge on any atom is 0.187 e. The van der Waals surface area contributed by atoms with Gasteiger partial charge in [-0.05, 0) is 37.1 Å². The van der Waals surface area contributed by atoms with E-state index in [1.165, 1.54) is 11.9 Å².